The van der Waals surface area contributed by atoms with Crippen LogP contribution in [0, 0.1) is 0 Å². The van der Waals surface area contributed by atoms with Crippen molar-refractivity contribution in [2.75, 3.05) is 0 Å². The van der Waals surface area contributed by atoms with Gasteiger partial charge in [-0.05, 0) is 5.56 Å². The Kier molecular flexibility index (Phi) is 2.21. The van der Waals surface area contributed by atoms with E-state index in [4.69, 9.17) is 5.11 Å². The summed E-state index contributed by atoms with van der Waals surface area (Å²) < 4.78 is 1.87. The third kappa shape index (κ3) is 2.37. The number of aryl methyl sites for hydroxylation is 1. The first-order valence-corrected chi connectivity index (χ1v) is 3.34. The second kappa shape index (κ2) is 3.14. The number of hydrogen-bond acceptors (Lipinski definition) is 1. The fourth-order valence-corrected chi connectivity index (χ4v) is 0.824. The quantitative estimate of drug-likeness (QED) is 0.612. The van der Waals surface area contributed by atoms with Crippen LogP contribution in [0.4, 0.5) is 0 Å². The van der Waals surface area contributed by atoms with Gasteiger partial charge in [-0.1, -0.05) is 0 Å². The van der Waals surface area contributed by atoms with E-state index in [1.54, 1.807) is 12.1 Å². The van der Waals surface area contributed by atoms with Crippen LogP contribution in [0.1, 0.15) is 5.56 Å². The molecule has 1 rings (SSSR count). The van der Waals surface area contributed by atoms with Gasteiger partial charge in [0.15, 0.2) is 12.4 Å². The highest BCUT2D eigenvalue weighted by Gasteiger charge is 2.00. The molecule has 1 aromatic rings. The van der Waals surface area contributed by atoms with Crippen molar-refractivity contribution < 1.29 is 14.5 Å². The normalized spacial score (nSPS) is 9.55. The van der Waals surface area contributed by atoms with Crippen molar-refractivity contribution in [2.45, 2.75) is 6.42 Å². The number of hydrogen-bond donors (Lipinski definition) is 1. The summed E-state index contributed by atoms with van der Waals surface area (Å²) in [6, 6.07) is 3.60. The summed E-state index contributed by atoms with van der Waals surface area (Å²) in [5.41, 5.74) is 0.829. The van der Waals surface area contributed by atoms with E-state index in [1.807, 2.05) is 24.0 Å². The van der Waals surface area contributed by atoms with Crippen LogP contribution in [-0.4, -0.2) is 11.1 Å². The molecule has 0 spiro atoms. The Hall–Kier alpha value is -1.38. The molecule has 0 aliphatic heterocycles. The Labute approximate surface area is 64.9 Å². The predicted octanol–water partition coefficient (Wildman–Crippen LogP) is 0.138. The smallest absolute Gasteiger partial charge is 0.307 e. The van der Waals surface area contributed by atoms with Crippen LogP contribution in [0.3, 0.4) is 0 Å². The minimum Gasteiger partial charge on any atom is -0.481 e. The molecule has 0 amide bonds. The van der Waals surface area contributed by atoms with Gasteiger partial charge < -0.3 is 5.11 Å². The van der Waals surface area contributed by atoms with Gasteiger partial charge in [0, 0.05) is 12.1 Å². The third-order valence-electron chi connectivity index (χ3n) is 1.40. The highest BCUT2D eigenvalue weighted by Crippen LogP contribution is 1.95. The fourth-order valence-electron chi connectivity index (χ4n) is 0.824. The predicted molar refractivity (Wildman–Crippen MR) is 39.0 cm³/mol. The molecule has 0 aliphatic rings. The van der Waals surface area contributed by atoms with Crippen molar-refractivity contribution in [1.29, 1.82) is 0 Å². The summed E-state index contributed by atoms with van der Waals surface area (Å²) in [5.74, 6) is -0.793. The number of carbonyl (C=O) groups is 1. The van der Waals surface area contributed by atoms with Crippen molar-refractivity contribution in [3.05, 3.63) is 30.1 Å². The molecule has 0 aromatic carbocycles. The van der Waals surface area contributed by atoms with Crippen molar-refractivity contribution in [1.82, 2.24) is 0 Å². The molecule has 0 unspecified atom stereocenters. The number of nitrogens with zero attached hydrogens (tertiary/aromatic N) is 1. The summed E-state index contributed by atoms with van der Waals surface area (Å²) in [7, 11) is 1.89. The molecule has 1 heterocycles. The molecule has 0 bridgehead atoms. The fraction of sp³-hybridized carbons (Fsp3) is 0.250. The maximum Gasteiger partial charge on any atom is 0.307 e. The first-order valence-electron chi connectivity index (χ1n) is 3.34. The van der Waals surface area contributed by atoms with Gasteiger partial charge in [-0.3, -0.25) is 4.79 Å². The van der Waals surface area contributed by atoms with Gasteiger partial charge in [-0.25, -0.2) is 4.57 Å². The lowest BCUT2D eigenvalue weighted by Gasteiger charge is -1.92. The SMILES string of the molecule is C[n+]1ccc(CC(=O)O)cc1. The van der Waals surface area contributed by atoms with Crippen molar-refractivity contribution in [3.8, 4) is 0 Å². The van der Waals surface area contributed by atoms with E-state index in [0.717, 1.165) is 5.56 Å². The van der Waals surface area contributed by atoms with E-state index < -0.39 is 5.97 Å². The average Bonchev–Trinajstić information content (AvgIpc) is 1.93. The molecular weight excluding hydrogens is 142 g/mol. The topological polar surface area (TPSA) is 41.2 Å². The maximum absolute atomic E-state index is 10.2. The third-order valence-corrected chi connectivity index (χ3v) is 1.40. The van der Waals surface area contributed by atoms with E-state index >= 15 is 0 Å². The lowest BCUT2D eigenvalue weighted by atomic mass is 10.2. The van der Waals surface area contributed by atoms with E-state index in [-0.39, 0.29) is 6.42 Å². The molecule has 0 atom stereocenters. The largest absolute Gasteiger partial charge is 0.481 e. The highest BCUT2D eigenvalue weighted by atomic mass is 16.4. The van der Waals surface area contributed by atoms with E-state index in [2.05, 4.69) is 0 Å². The van der Waals surface area contributed by atoms with Gasteiger partial charge in [0.1, 0.15) is 7.05 Å². The molecule has 0 saturated carbocycles. The highest BCUT2D eigenvalue weighted by molar-refractivity contribution is 5.69. The van der Waals surface area contributed by atoms with E-state index in [1.165, 1.54) is 0 Å². The Morgan fingerprint density at radius 2 is 2.09 bits per heavy atom. The molecule has 0 aliphatic carbocycles. The van der Waals surface area contributed by atoms with Crippen molar-refractivity contribution in [3.63, 3.8) is 0 Å². The van der Waals surface area contributed by atoms with Gasteiger partial charge >= 0.3 is 5.97 Å². The van der Waals surface area contributed by atoms with Gasteiger partial charge in [-0.15, -0.1) is 0 Å². The first kappa shape index (κ1) is 7.72. The molecule has 0 saturated heterocycles. The van der Waals surface area contributed by atoms with Gasteiger partial charge in [0.05, 0.1) is 6.42 Å². The zero-order chi connectivity index (χ0) is 8.27. The van der Waals surface area contributed by atoms with Crippen LogP contribution in [0.25, 0.3) is 0 Å². The molecule has 1 N–H and O–H groups in total. The Balaban J connectivity index is 2.74. The Morgan fingerprint density at radius 3 is 2.55 bits per heavy atom. The number of carboxylic acids is 1. The molecule has 0 fully saturated rings. The molecule has 1 aromatic heterocycles. The standard InChI is InChI=1S/C8H9NO2/c1-9-4-2-7(3-5-9)6-8(10)11/h2-5H,6H2,1H3/p+1. The summed E-state index contributed by atoms with van der Waals surface area (Å²) >= 11 is 0. The van der Waals surface area contributed by atoms with Gasteiger partial charge in [0.2, 0.25) is 0 Å². The summed E-state index contributed by atoms with van der Waals surface area (Å²) in [5, 5.41) is 8.43. The first-order chi connectivity index (χ1) is 5.18. The molecule has 0 radical (unpaired) electrons. The van der Waals surface area contributed by atoms with E-state index in [0.29, 0.717) is 0 Å². The van der Waals surface area contributed by atoms with Crippen molar-refractivity contribution >= 4 is 5.97 Å². The number of rotatable bonds is 2. The summed E-state index contributed by atoms with van der Waals surface area (Å²) in [4.78, 5) is 10.2. The number of pyridine rings is 1. The molecular formula is C8H10NO2+. The molecule has 11 heavy (non-hydrogen) atoms. The maximum atomic E-state index is 10.2. The van der Waals surface area contributed by atoms with Crippen molar-refractivity contribution in [2.24, 2.45) is 7.05 Å². The van der Waals surface area contributed by atoms with Crippen LogP contribution in [0.15, 0.2) is 24.5 Å². The lowest BCUT2D eigenvalue weighted by Crippen LogP contribution is -2.26. The number of aromatic nitrogens is 1. The minimum absolute atomic E-state index is 0.0981. The van der Waals surface area contributed by atoms with Gasteiger partial charge in [0.25, 0.3) is 0 Å². The molecule has 3 nitrogen and oxygen atoms in total. The van der Waals surface area contributed by atoms with Crippen LogP contribution in [0.5, 0.6) is 0 Å². The van der Waals surface area contributed by atoms with Crippen LogP contribution >= 0.6 is 0 Å². The van der Waals surface area contributed by atoms with E-state index in [9.17, 15) is 4.79 Å². The van der Waals surface area contributed by atoms with Crippen LogP contribution < -0.4 is 4.57 Å². The number of carboxylic acid groups (broad SMARTS) is 1. The zero-order valence-corrected chi connectivity index (χ0v) is 6.32. The zero-order valence-electron chi connectivity index (χ0n) is 6.32. The molecule has 58 valence electrons. The van der Waals surface area contributed by atoms with Gasteiger partial charge in [-0.2, -0.15) is 0 Å². The monoisotopic (exact) mass is 152 g/mol. The Bertz CT molecular complexity index is 253. The average molecular weight is 152 g/mol. The van der Waals surface area contributed by atoms with Crippen LogP contribution in [-0.2, 0) is 18.3 Å². The lowest BCUT2D eigenvalue weighted by molar-refractivity contribution is -0.671. The minimum atomic E-state index is -0.793. The second-order valence-corrected chi connectivity index (χ2v) is 2.44. The number of aliphatic carboxylic acids is 1. The Morgan fingerprint density at radius 1 is 1.55 bits per heavy atom. The van der Waals surface area contributed by atoms with Crippen LogP contribution in [0.2, 0.25) is 0 Å². The second-order valence-electron chi connectivity index (χ2n) is 2.44. The summed E-state index contributed by atoms with van der Waals surface area (Å²) in [6.07, 6.45) is 3.76. The molecule has 3 heteroatoms. The summed E-state index contributed by atoms with van der Waals surface area (Å²) in [6.45, 7) is 0.